The van der Waals surface area contributed by atoms with E-state index < -0.39 is 0 Å². The lowest BCUT2D eigenvalue weighted by Crippen LogP contribution is -2.18. The first kappa shape index (κ1) is 18.0. The van der Waals surface area contributed by atoms with Gasteiger partial charge in [0.1, 0.15) is 11.6 Å². The SMILES string of the molecule is COc1ccc(C(=O)C(C)Sc2nnc(C)n2C2CCCCC2)cc1. The summed E-state index contributed by atoms with van der Waals surface area (Å²) in [5, 5.41) is 9.25. The van der Waals surface area contributed by atoms with Crippen molar-refractivity contribution in [2.75, 3.05) is 7.11 Å². The monoisotopic (exact) mass is 359 g/mol. The summed E-state index contributed by atoms with van der Waals surface area (Å²) in [5.74, 6) is 1.80. The molecular weight excluding hydrogens is 334 g/mol. The number of hydrogen-bond donors (Lipinski definition) is 0. The molecule has 0 saturated heterocycles. The molecule has 1 saturated carbocycles. The van der Waals surface area contributed by atoms with E-state index >= 15 is 0 Å². The summed E-state index contributed by atoms with van der Waals surface area (Å²) < 4.78 is 7.39. The maximum atomic E-state index is 12.7. The van der Waals surface area contributed by atoms with E-state index in [0.29, 0.717) is 11.6 Å². The Morgan fingerprint density at radius 3 is 2.52 bits per heavy atom. The number of nitrogens with zero attached hydrogens (tertiary/aromatic N) is 3. The number of aryl methyl sites for hydroxylation is 1. The number of carbonyl (C=O) groups excluding carboxylic acids is 1. The fourth-order valence-corrected chi connectivity index (χ4v) is 4.43. The zero-order valence-electron chi connectivity index (χ0n) is 15.1. The maximum Gasteiger partial charge on any atom is 0.192 e. The van der Waals surface area contributed by atoms with Crippen LogP contribution in [0.5, 0.6) is 5.75 Å². The number of hydrogen-bond acceptors (Lipinski definition) is 5. The van der Waals surface area contributed by atoms with Gasteiger partial charge in [-0.25, -0.2) is 0 Å². The van der Waals surface area contributed by atoms with Crippen molar-refractivity contribution >= 4 is 17.5 Å². The molecule has 25 heavy (non-hydrogen) atoms. The standard InChI is InChI=1S/C19H25N3O2S/c1-13(18(23)15-9-11-17(24-3)12-10-15)25-19-21-20-14(2)22(19)16-7-5-4-6-8-16/h9-13,16H,4-8H2,1-3H3. The van der Waals surface area contributed by atoms with Gasteiger partial charge in [0.25, 0.3) is 0 Å². The second-order valence-corrected chi connectivity index (χ2v) is 7.85. The molecule has 1 aliphatic rings. The van der Waals surface area contributed by atoms with Gasteiger partial charge >= 0.3 is 0 Å². The molecule has 1 heterocycles. The third-order valence-electron chi connectivity index (χ3n) is 4.80. The van der Waals surface area contributed by atoms with Gasteiger partial charge in [-0.05, 0) is 51.0 Å². The molecule has 1 aromatic heterocycles. The van der Waals surface area contributed by atoms with Gasteiger partial charge < -0.3 is 9.30 Å². The molecule has 0 N–H and O–H groups in total. The second kappa shape index (κ2) is 8.04. The summed E-state index contributed by atoms with van der Waals surface area (Å²) in [6.45, 7) is 3.94. The van der Waals surface area contributed by atoms with Crippen molar-refractivity contribution in [2.45, 2.75) is 62.4 Å². The number of rotatable bonds is 6. The summed E-state index contributed by atoms with van der Waals surface area (Å²) >= 11 is 1.51. The molecule has 2 aromatic rings. The molecule has 0 radical (unpaired) electrons. The minimum absolute atomic E-state index is 0.100. The van der Waals surface area contributed by atoms with Gasteiger partial charge in [-0.1, -0.05) is 31.0 Å². The average molecular weight is 359 g/mol. The number of ether oxygens (including phenoxy) is 1. The third kappa shape index (κ3) is 4.06. The summed E-state index contributed by atoms with van der Waals surface area (Å²) in [6, 6.07) is 7.73. The topological polar surface area (TPSA) is 57.0 Å². The van der Waals surface area contributed by atoms with Crippen molar-refractivity contribution in [2.24, 2.45) is 0 Å². The van der Waals surface area contributed by atoms with Crippen molar-refractivity contribution in [3.8, 4) is 5.75 Å². The highest BCUT2D eigenvalue weighted by molar-refractivity contribution is 8.00. The number of carbonyl (C=O) groups is 1. The Balaban J connectivity index is 1.74. The number of aromatic nitrogens is 3. The van der Waals surface area contributed by atoms with E-state index in [1.54, 1.807) is 7.11 Å². The Bertz CT molecular complexity index is 721. The Hall–Kier alpha value is -1.82. The van der Waals surface area contributed by atoms with Crippen molar-refractivity contribution in [1.82, 2.24) is 14.8 Å². The summed E-state index contributed by atoms with van der Waals surface area (Å²) in [6.07, 6.45) is 6.17. The van der Waals surface area contributed by atoms with E-state index in [2.05, 4.69) is 14.8 Å². The first-order valence-electron chi connectivity index (χ1n) is 8.86. The van der Waals surface area contributed by atoms with E-state index in [1.807, 2.05) is 38.1 Å². The number of methoxy groups -OCH3 is 1. The summed E-state index contributed by atoms with van der Waals surface area (Å²) in [5.41, 5.74) is 0.696. The maximum absolute atomic E-state index is 12.7. The molecule has 1 fully saturated rings. The molecule has 6 heteroatoms. The molecule has 1 aliphatic carbocycles. The molecule has 1 unspecified atom stereocenters. The van der Waals surface area contributed by atoms with Gasteiger partial charge in [-0.3, -0.25) is 4.79 Å². The van der Waals surface area contributed by atoms with Gasteiger partial charge in [0, 0.05) is 11.6 Å². The molecule has 1 aromatic carbocycles. The van der Waals surface area contributed by atoms with E-state index in [9.17, 15) is 4.79 Å². The normalized spacial score (nSPS) is 16.6. The summed E-state index contributed by atoms with van der Waals surface area (Å²) in [7, 11) is 1.62. The van der Waals surface area contributed by atoms with Gasteiger partial charge in [0.05, 0.1) is 12.4 Å². The molecular formula is C19H25N3O2S. The fourth-order valence-electron chi connectivity index (χ4n) is 3.39. The lowest BCUT2D eigenvalue weighted by molar-refractivity contribution is 0.0993. The number of benzene rings is 1. The highest BCUT2D eigenvalue weighted by Crippen LogP contribution is 2.34. The van der Waals surface area contributed by atoms with Crippen molar-refractivity contribution < 1.29 is 9.53 Å². The number of Topliss-reactive ketones (excluding diaryl/α,β-unsaturated/α-hetero) is 1. The van der Waals surface area contributed by atoms with Crippen LogP contribution in [0.15, 0.2) is 29.4 Å². The molecule has 1 atom stereocenters. The lowest BCUT2D eigenvalue weighted by Gasteiger charge is -2.25. The molecule has 0 amide bonds. The van der Waals surface area contributed by atoms with Crippen molar-refractivity contribution in [3.05, 3.63) is 35.7 Å². The van der Waals surface area contributed by atoms with Crippen LogP contribution in [-0.4, -0.2) is 32.9 Å². The fraction of sp³-hybridized carbons (Fsp3) is 0.526. The number of thioether (sulfide) groups is 1. The molecule has 134 valence electrons. The molecule has 5 nitrogen and oxygen atoms in total. The van der Waals surface area contributed by atoms with E-state index in [0.717, 1.165) is 16.7 Å². The van der Waals surface area contributed by atoms with Crippen LogP contribution in [0.4, 0.5) is 0 Å². The first-order valence-corrected chi connectivity index (χ1v) is 9.74. The average Bonchev–Trinajstić information content (AvgIpc) is 3.02. The first-order chi connectivity index (χ1) is 12.1. The highest BCUT2D eigenvalue weighted by atomic mass is 32.2. The van der Waals surface area contributed by atoms with Crippen LogP contribution in [0.1, 0.15) is 61.3 Å². The smallest absolute Gasteiger partial charge is 0.192 e. The van der Waals surface area contributed by atoms with Crippen molar-refractivity contribution in [1.29, 1.82) is 0 Å². The van der Waals surface area contributed by atoms with Crippen LogP contribution in [-0.2, 0) is 0 Å². The van der Waals surface area contributed by atoms with Crippen LogP contribution in [0, 0.1) is 6.92 Å². The van der Waals surface area contributed by atoms with E-state index in [4.69, 9.17) is 4.74 Å². The lowest BCUT2D eigenvalue weighted by atomic mass is 9.95. The summed E-state index contributed by atoms with van der Waals surface area (Å²) in [4.78, 5) is 12.7. The Morgan fingerprint density at radius 1 is 1.20 bits per heavy atom. The minimum Gasteiger partial charge on any atom is -0.497 e. The van der Waals surface area contributed by atoms with Crippen LogP contribution in [0.25, 0.3) is 0 Å². The van der Waals surface area contributed by atoms with Gasteiger partial charge in [-0.2, -0.15) is 0 Å². The largest absolute Gasteiger partial charge is 0.497 e. The molecule has 0 bridgehead atoms. The van der Waals surface area contributed by atoms with Gasteiger partial charge in [0.15, 0.2) is 10.9 Å². The van der Waals surface area contributed by atoms with Crippen LogP contribution in [0.3, 0.4) is 0 Å². The molecule has 0 spiro atoms. The zero-order valence-corrected chi connectivity index (χ0v) is 15.9. The predicted octanol–water partition coefficient (Wildman–Crippen LogP) is 4.46. The zero-order chi connectivity index (χ0) is 17.8. The minimum atomic E-state index is -0.209. The van der Waals surface area contributed by atoms with Gasteiger partial charge in [-0.15, -0.1) is 10.2 Å². The van der Waals surface area contributed by atoms with Crippen LogP contribution in [0.2, 0.25) is 0 Å². The van der Waals surface area contributed by atoms with Crippen molar-refractivity contribution in [3.63, 3.8) is 0 Å². The van der Waals surface area contributed by atoms with Crippen LogP contribution < -0.4 is 4.74 Å². The Labute approximate surface area is 153 Å². The quantitative estimate of drug-likeness (QED) is 0.563. The van der Waals surface area contributed by atoms with Gasteiger partial charge in [0.2, 0.25) is 0 Å². The predicted molar refractivity (Wildman–Crippen MR) is 99.5 cm³/mol. The third-order valence-corrected chi connectivity index (χ3v) is 5.86. The van der Waals surface area contributed by atoms with E-state index in [-0.39, 0.29) is 11.0 Å². The highest BCUT2D eigenvalue weighted by Gasteiger charge is 2.25. The second-order valence-electron chi connectivity index (χ2n) is 6.54. The number of ketones is 1. The van der Waals surface area contributed by atoms with E-state index in [1.165, 1.54) is 43.9 Å². The Kier molecular flexibility index (Phi) is 5.78. The molecule has 0 aliphatic heterocycles. The Morgan fingerprint density at radius 2 is 1.88 bits per heavy atom. The van der Waals surface area contributed by atoms with Crippen LogP contribution >= 0.6 is 11.8 Å². The molecule has 3 rings (SSSR count).